The van der Waals surface area contributed by atoms with Crippen LogP contribution < -0.4 is 15.2 Å². The molecule has 8 heteroatoms. The van der Waals surface area contributed by atoms with E-state index in [-0.39, 0.29) is 0 Å². The van der Waals surface area contributed by atoms with Crippen LogP contribution in [0.1, 0.15) is 25.3 Å². The Balaban J connectivity index is 1.59. The number of nitrogens with zero attached hydrogens (tertiary/aromatic N) is 6. The third kappa shape index (κ3) is 4.33. The van der Waals surface area contributed by atoms with E-state index in [0.29, 0.717) is 25.1 Å². The van der Waals surface area contributed by atoms with Gasteiger partial charge in [0.15, 0.2) is 0 Å². The summed E-state index contributed by atoms with van der Waals surface area (Å²) in [5.74, 6) is 1.88. The van der Waals surface area contributed by atoms with Crippen LogP contribution in [-0.2, 0) is 4.74 Å². The van der Waals surface area contributed by atoms with Gasteiger partial charge in [-0.2, -0.15) is 20.1 Å². The minimum atomic E-state index is 0.476. The van der Waals surface area contributed by atoms with Gasteiger partial charge in [-0.3, -0.25) is 0 Å². The van der Waals surface area contributed by atoms with Gasteiger partial charge in [0.05, 0.1) is 18.9 Å². The number of hydrazone groups is 1. The van der Waals surface area contributed by atoms with E-state index in [1.807, 2.05) is 37.3 Å². The summed E-state index contributed by atoms with van der Waals surface area (Å²) >= 11 is 0. The summed E-state index contributed by atoms with van der Waals surface area (Å²) in [7, 11) is 0. The summed E-state index contributed by atoms with van der Waals surface area (Å²) < 4.78 is 5.45. The molecule has 0 radical (unpaired) electrons. The maximum Gasteiger partial charge on any atom is 0.250 e. The zero-order chi connectivity index (χ0) is 18.5. The van der Waals surface area contributed by atoms with Gasteiger partial charge in [-0.05, 0) is 25.3 Å². The number of aromatic nitrogens is 3. The summed E-state index contributed by atoms with van der Waals surface area (Å²) in [6, 6.07) is 10.1. The van der Waals surface area contributed by atoms with Gasteiger partial charge in [0.1, 0.15) is 0 Å². The smallest absolute Gasteiger partial charge is 0.250 e. The molecule has 3 heterocycles. The molecule has 0 spiro atoms. The van der Waals surface area contributed by atoms with E-state index >= 15 is 0 Å². The largest absolute Gasteiger partial charge is 0.378 e. The lowest BCUT2D eigenvalue weighted by atomic mass is 10.1. The van der Waals surface area contributed by atoms with E-state index in [1.165, 1.54) is 12.8 Å². The highest BCUT2D eigenvalue weighted by Crippen LogP contribution is 2.21. The van der Waals surface area contributed by atoms with Crippen LogP contribution in [0.15, 0.2) is 35.4 Å². The van der Waals surface area contributed by atoms with E-state index in [1.54, 1.807) is 0 Å². The van der Waals surface area contributed by atoms with Crippen molar-refractivity contribution in [1.82, 2.24) is 15.0 Å². The highest BCUT2D eigenvalue weighted by Gasteiger charge is 2.21. The molecule has 2 aromatic rings. The number of hydrogen-bond acceptors (Lipinski definition) is 8. The van der Waals surface area contributed by atoms with Crippen molar-refractivity contribution >= 4 is 23.6 Å². The molecule has 2 aliphatic heterocycles. The van der Waals surface area contributed by atoms with Crippen molar-refractivity contribution in [2.24, 2.45) is 5.10 Å². The van der Waals surface area contributed by atoms with Gasteiger partial charge in [-0.15, -0.1) is 0 Å². The molecule has 0 aliphatic carbocycles. The molecule has 0 atom stereocenters. The molecule has 8 nitrogen and oxygen atoms in total. The first kappa shape index (κ1) is 17.7. The third-order valence-electron chi connectivity index (χ3n) is 4.81. The predicted octanol–water partition coefficient (Wildman–Crippen LogP) is 2.14. The Morgan fingerprint density at radius 3 is 2.22 bits per heavy atom. The quantitative estimate of drug-likeness (QED) is 0.641. The fourth-order valence-electron chi connectivity index (χ4n) is 3.24. The van der Waals surface area contributed by atoms with Crippen LogP contribution in [0.2, 0.25) is 0 Å². The topological polar surface area (TPSA) is 78.8 Å². The molecule has 2 fully saturated rings. The highest BCUT2D eigenvalue weighted by atomic mass is 16.5. The van der Waals surface area contributed by atoms with Crippen molar-refractivity contribution in [3.8, 4) is 0 Å². The molecule has 2 saturated heterocycles. The second-order valence-electron chi connectivity index (χ2n) is 6.73. The lowest BCUT2D eigenvalue weighted by Gasteiger charge is -2.27. The third-order valence-corrected chi connectivity index (χ3v) is 4.81. The normalized spacial score (nSPS) is 18.0. The monoisotopic (exact) mass is 367 g/mol. The maximum atomic E-state index is 5.45. The SMILES string of the molecule is C/C(=N/Nc1nc(N2CCCC2)nc(N2CCOCC2)n1)c1ccccc1. The fraction of sp³-hybridized carbons (Fsp3) is 0.474. The first-order chi connectivity index (χ1) is 13.3. The number of morpholine rings is 1. The number of rotatable bonds is 5. The Labute approximate surface area is 159 Å². The van der Waals surface area contributed by atoms with Crippen LogP contribution in [0, 0.1) is 0 Å². The lowest BCUT2D eigenvalue weighted by Crippen LogP contribution is -2.38. The second-order valence-corrected chi connectivity index (χ2v) is 6.73. The molecule has 1 aromatic heterocycles. The number of anilines is 3. The Morgan fingerprint density at radius 1 is 0.926 bits per heavy atom. The molecule has 0 bridgehead atoms. The van der Waals surface area contributed by atoms with Gasteiger partial charge in [-0.1, -0.05) is 30.3 Å². The zero-order valence-corrected chi connectivity index (χ0v) is 15.6. The van der Waals surface area contributed by atoms with E-state index < -0.39 is 0 Å². The van der Waals surface area contributed by atoms with Crippen LogP contribution in [0.25, 0.3) is 0 Å². The van der Waals surface area contributed by atoms with Gasteiger partial charge in [0, 0.05) is 26.2 Å². The standard InChI is InChI=1S/C19H25N7O/c1-15(16-7-3-2-4-8-16)23-24-17-20-18(25-9-5-6-10-25)22-19(21-17)26-11-13-27-14-12-26/h2-4,7-8H,5-6,9-14H2,1H3,(H,20,21,22,24)/b23-15-. The molecule has 1 aromatic carbocycles. The minimum Gasteiger partial charge on any atom is -0.378 e. The van der Waals surface area contributed by atoms with E-state index in [2.05, 4.69) is 30.3 Å². The number of benzene rings is 1. The first-order valence-corrected chi connectivity index (χ1v) is 9.49. The van der Waals surface area contributed by atoms with Gasteiger partial charge in [0.2, 0.25) is 17.8 Å². The zero-order valence-electron chi connectivity index (χ0n) is 15.6. The average Bonchev–Trinajstić information content (AvgIpc) is 3.28. The van der Waals surface area contributed by atoms with Crippen LogP contribution in [0.4, 0.5) is 17.8 Å². The Bertz CT molecular complexity index is 784. The Kier molecular flexibility index (Phi) is 5.43. The van der Waals surface area contributed by atoms with Crippen molar-refractivity contribution < 1.29 is 4.74 Å². The van der Waals surface area contributed by atoms with Crippen molar-refractivity contribution in [1.29, 1.82) is 0 Å². The second kappa shape index (κ2) is 8.30. The first-order valence-electron chi connectivity index (χ1n) is 9.49. The van der Waals surface area contributed by atoms with Gasteiger partial charge >= 0.3 is 0 Å². The molecule has 4 rings (SSSR count). The molecule has 27 heavy (non-hydrogen) atoms. The highest BCUT2D eigenvalue weighted by molar-refractivity contribution is 5.98. The molecular weight excluding hydrogens is 342 g/mol. The summed E-state index contributed by atoms with van der Waals surface area (Å²) in [6.45, 7) is 6.90. The molecule has 0 unspecified atom stereocenters. The molecule has 1 N–H and O–H groups in total. The van der Waals surface area contributed by atoms with Gasteiger partial charge in [-0.25, -0.2) is 5.43 Å². The van der Waals surface area contributed by atoms with Crippen LogP contribution in [-0.4, -0.2) is 60.1 Å². The Hall–Kier alpha value is -2.74. The summed E-state index contributed by atoms with van der Waals surface area (Å²) in [6.07, 6.45) is 2.35. The van der Waals surface area contributed by atoms with Crippen molar-refractivity contribution in [2.75, 3.05) is 54.6 Å². The molecule has 2 aliphatic rings. The summed E-state index contributed by atoms with van der Waals surface area (Å²) in [4.78, 5) is 18.3. The van der Waals surface area contributed by atoms with Crippen molar-refractivity contribution in [3.63, 3.8) is 0 Å². The van der Waals surface area contributed by atoms with Crippen molar-refractivity contribution in [2.45, 2.75) is 19.8 Å². The predicted molar refractivity (Wildman–Crippen MR) is 107 cm³/mol. The van der Waals surface area contributed by atoms with E-state index in [9.17, 15) is 0 Å². The molecule has 142 valence electrons. The van der Waals surface area contributed by atoms with Gasteiger partial charge < -0.3 is 14.5 Å². The molecular formula is C19H25N7O. The Morgan fingerprint density at radius 2 is 1.56 bits per heavy atom. The van der Waals surface area contributed by atoms with Gasteiger partial charge in [0.25, 0.3) is 0 Å². The summed E-state index contributed by atoms with van der Waals surface area (Å²) in [5, 5.41) is 4.47. The lowest BCUT2D eigenvalue weighted by molar-refractivity contribution is 0.122. The fourth-order valence-corrected chi connectivity index (χ4v) is 3.24. The number of hydrogen-bond donors (Lipinski definition) is 1. The number of ether oxygens (including phenoxy) is 1. The molecule has 0 amide bonds. The van der Waals surface area contributed by atoms with E-state index in [0.717, 1.165) is 43.4 Å². The average molecular weight is 367 g/mol. The van der Waals surface area contributed by atoms with Crippen LogP contribution in [0.5, 0.6) is 0 Å². The summed E-state index contributed by atoms with van der Waals surface area (Å²) in [5.41, 5.74) is 4.97. The minimum absolute atomic E-state index is 0.476. The van der Waals surface area contributed by atoms with E-state index in [4.69, 9.17) is 9.72 Å². The van der Waals surface area contributed by atoms with Crippen LogP contribution in [0.3, 0.4) is 0 Å². The van der Waals surface area contributed by atoms with Crippen molar-refractivity contribution in [3.05, 3.63) is 35.9 Å². The number of nitrogens with one attached hydrogen (secondary N) is 1. The maximum absolute atomic E-state index is 5.45. The van der Waals surface area contributed by atoms with Crippen LogP contribution >= 0.6 is 0 Å². The molecule has 0 saturated carbocycles.